The zero-order valence-corrected chi connectivity index (χ0v) is 8.28. The number of ether oxygens (including phenoxy) is 1. The van der Waals surface area contributed by atoms with Crippen LogP contribution >= 0.6 is 0 Å². The summed E-state index contributed by atoms with van der Waals surface area (Å²) < 4.78 is 9.30. The van der Waals surface area contributed by atoms with E-state index in [0.29, 0.717) is 5.88 Å². The van der Waals surface area contributed by atoms with Gasteiger partial charge in [-0.15, -0.1) is 0 Å². The van der Waals surface area contributed by atoms with Crippen LogP contribution in [0.15, 0.2) is 22.8 Å². The first-order chi connectivity index (χ1) is 7.22. The van der Waals surface area contributed by atoms with Crippen molar-refractivity contribution in [3.63, 3.8) is 0 Å². The number of nitrogens with one attached hydrogen (secondary N) is 2. The average molecular weight is 212 g/mol. The van der Waals surface area contributed by atoms with E-state index >= 15 is 0 Å². The quantitative estimate of drug-likeness (QED) is 0.728. The minimum absolute atomic E-state index is 0.141. The van der Waals surface area contributed by atoms with Gasteiger partial charge in [0, 0.05) is 12.6 Å². The lowest BCUT2D eigenvalue weighted by atomic mass is 10.4. The third kappa shape index (κ3) is 4.17. The molecule has 1 aromatic rings. The van der Waals surface area contributed by atoms with Crippen LogP contribution < -0.4 is 10.6 Å². The van der Waals surface area contributed by atoms with Crippen LogP contribution in [-0.2, 0) is 9.53 Å². The maximum atomic E-state index is 11.1. The molecule has 6 heteroatoms. The predicted octanol–water partition coefficient (Wildman–Crippen LogP) is 0.964. The van der Waals surface area contributed by atoms with Crippen molar-refractivity contribution in [1.29, 1.82) is 0 Å². The van der Waals surface area contributed by atoms with Gasteiger partial charge in [0.15, 0.2) is 0 Å². The van der Waals surface area contributed by atoms with Crippen molar-refractivity contribution < 1.29 is 18.7 Å². The summed E-state index contributed by atoms with van der Waals surface area (Å²) >= 11 is 0. The van der Waals surface area contributed by atoms with Crippen molar-refractivity contribution >= 4 is 17.9 Å². The second-order valence-electron chi connectivity index (χ2n) is 2.68. The van der Waals surface area contributed by atoms with Gasteiger partial charge in [0.1, 0.15) is 0 Å². The van der Waals surface area contributed by atoms with Gasteiger partial charge in [-0.2, -0.15) is 0 Å². The largest absolute Gasteiger partial charge is 0.469 e. The molecule has 0 aromatic carbocycles. The smallest absolute Gasteiger partial charge is 0.321 e. The number of esters is 1. The molecule has 0 saturated carbocycles. The molecular weight excluding hydrogens is 200 g/mol. The molecule has 0 fully saturated rings. The zero-order valence-electron chi connectivity index (χ0n) is 8.28. The normalized spacial score (nSPS) is 9.40. The molecule has 82 valence electrons. The Morgan fingerprint density at radius 2 is 2.33 bits per heavy atom. The summed E-state index contributed by atoms with van der Waals surface area (Å²) in [6, 6.07) is 2.85. The minimum atomic E-state index is -0.422. The summed E-state index contributed by atoms with van der Waals surface area (Å²) in [6.07, 6.45) is 1.59. The minimum Gasteiger partial charge on any atom is -0.469 e. The number of urea groups is 1. The SMILES string of the molecule is COC(=O)CCNC(=O)Nc1ccco1. The maximum Gasteiger partial charge on any atom is 0.321 e. The first kappa shape index (κ1) is 11.1. The van der Waals surface area contributed by atoms with Crippen molar-refractivity contribution in [2.45, 2.75) is 6.42 Å². The van der Waals surface area contributed by atoms with Gasteiger partial charge in [-0.25, -0.2) is 4.79 Å². The second kappa shape index (κ2) is 5.69. The molecule has 0 aliphatic carbocycles. The molecule has 1 heterocycles. The van der Waals surface area contributed by atoms with Crippen LogP contribution in [0.3, 0.4) is 0 Å². The fourth-order valence-electron chi connectivity index (χ4n) is 0.886. The van der Waals surface area contributed by atoms with E-state index in [9.17, 15) is 9.59 Å². The Balaban J connectivity index is 2.17. The molecule has 0 aliphatic rings. The van der Waals surface area contributed by atoms with E-state index in [1.54, 1.807) is 12.1 Å². The van der Waals surface area contributed by atoms with Crippen LogP contribution in [-0.4, -0.2) is 25.7 Å². The number of furan rings is 1. The number of carbonyl (C=O) groups is 2. The number of carbonyl (C=O) groups excluding carboxylic acids is 2. The third-order valence-corrected chi connectivity index (χ3v) is 1.60. The molecule has 2 N–H and O–H groups in total. The van der Waals surface area contributed by atoms with Gasteiger partial charge in [-0.05, 0) is 6.07 Å². The Morgan fingerprint density at radius 1 is 1.53 bits per heavy atom. The van der Waals surface area contributed by atoms with Gasteiger partial charge in [0.25, 0.3) is 0 Å². The molecule has 6 nitrogen and oxygen atoms in total. The van der Waals surface area contributed by atoms with E-state index in [2.05, 4.69) is 15.4 Å². The highest BCUT2D eigenvalue weighted by molar-refractivity contribution is 5.87. The Labute approximate surface area is 86.6 Å². The van der Waals surface area contributed by atoms with Crippen LogP contribution in [0.2, 0.25) is 0 Å². The molecule has 0 bridgehead atoms. The summed E-state index contributed by atoms with van der Waals surface area (Å²) in [5.41, 5.74) is 0. The van der Waals surface area contributed by atoms with Crippen LogP contribution in [0.5, 0.6) is 0 Å². The lowest BCUT2D eigenvalue weighted by molar-refractivity contribution is -0.140. The molecule has 0 spiro atoms. The molecule has 0 saturated heterocycles. The van der Waals surface area contributed by atoms with Crippen molar-refractivity contribution in [3.8, 4) is 0 Å². The highest BCUT2D eigenvalue weighted by atomic mass is 16.5. The Kier molecular flexibility index (Phi) is 4.21. The van der Waals surface area contributed by atoms with E-state index in [0.717, 1.165) is 0 Å². The molecule has 1 rings (SSSR count). The summed E-state index contributed by atoms with van der Waals surface area (Å²) in [7, 11) is 1.30. The van der Waals surface area contributed by atoms with E-state index in [4.69, 9.17) is 4.42 Å². The van der Waals surface area contributed by atoms with Crippen LogP contribution in [0.4, 0.5) is 10.7 Å². The van der Waals surface area contributed by atoms with Gasteiger partial charge in [-0.1, -0.05) is 0 Å². The predicted molar refractivity (Wildman–Crippen MR) is 52.4 cm³/mol. The summed E-state index contributed by atoms with van der Waals surface area (Å²) in [6.45, 7) is 0.221. The molecule has 2 amide bonds. The average Bonchev–Trinajstić information content (AvgIpc) is 2.70. The van der Waals surface area contributed by atoms with Crippen molar-refractivity contribution in [2.24, 2.45) is 0 Å². The van der Waals surface area contributed by atoms with E-state index in [-0.39, 0.29) is 18.9 Å². The fraction of sp³-hybridized carbons (Fsp3) is 0.333. The van der Waals surface area contributed by atoms with E-state index in [1.807, 2.05) is 0 Å². The Bertz CT molecular complexity index is 321. The molecule has 0 aliphatic heterocycles. The van der Waals surface area contributed by atoms with Crippen molar-refractivity contribution in [1.82, 2.24) is 5.32 Å². The molecular formula is C9H12N2O4. The van der Waals surface area contributed by atoms with Gasteiger partial charge >= 0.3 is 12.0 Å². The van der Waals surface area contributed by atoms with Gasteiger partial charge < -0.3 is 14.5 Å². The monoisotopic (exact) mass is 212 g/mol. The molecule has 0 radical (unpaired) electrons. The third-order valence-electron chi connectivity index (χ3n) is 1.60. The van der Waals surface area contributed by atoms with Gasteiger partial charge in [0.05, 0.1) is 19.8 Å². The standard InChI is InChI=1S/C9H12N2O4/c1-14-8(12)4-5-10-9(13)11-7-3-2-6-15-7/h2-3,6H,4-5H2,1H3,(H2,10,11,13). The highest BCUT2D eigenvalue weighted by Gasteiger charge is 2.04. The molecule has 1 aromatic heterocycles. The first-order valence-electron chi connectivity index (χ1n) is 4.37. The van der Waals surface area contributed by atoms with Crippen LogP contribution in [0.25, 0.3) is 0 Å². The van der Waals surface area contributed by atoms with Crippen LogP contribution in [0.1, 0.15) is 6.42 Å². The molecule has 0 unspecified atom stereocenters. The lowest BCUT2D eigenvalue weighted by Crippen LogP contribution is -2.30. The summed E-state index contributed by atoms with van der Waals surface area (Å²) in [5.74, 6) is -0.0149. The fourth-order valence-corrected chi connectivity index (χ4v) is 0.886. The first-order valence-corrected chi connectivity index (χ1v) is 4.37. The molecule has 15 heavy (non-hydrogen) atoms. The van der Waals surface area contributed by atoms with E-state index in [1.165, 1.54) is 13.4 Å². The Hall–Kier alpha value is -1.98. The number of amides is 2. The van der Waals surface area contributed by atoms with E-state index < -0.39 is 6.03 Å². The second-order valence-corrected chi connectivity index (χ2v) is 2.68. The highest BCUT2D eigenvalue weighted by Crippen LogP contribution is 2.05. The number of hydrogen-bond donors (Lipinski definition) is 2. The van der Waals surface area contributed by atoms with Crippen LogP contribution in [0, 0.1) is 0 Å². The van der Waals surface area contributed by atoms with Gasteiger partial charge in [-0.3, -0.25) is 10.1 Å². The summed E-state index contributed by atoms with van der Waals surface area (Å²) in [4.78, 5) is 21.8. The van der Waals surface area contributed by atoms with Crippen molar-refractivity contribution in [3.05, 3.63) is 18.4 Å². The summed E-state index contributed by atoms with van der Waals surface area (Å²) in [5, 5.41) is 4.92. The maximum absolute atomic E-state index is 11.1. The van der Waals surface area contributed by atoms with Crippen molar-refractivity contribution in [2.75, 3.05) is 19.0 Å². The molecule has 0 atom stereocenters. The Morgan fingerprint density at radius 3 is 2.93 bits per heavy atom. The number of anilines is 1. The van der Waals surface area contributed by atoms with Gasteiger partial charge in [0.2, 0.25) is 5.88 Å². The number of methoxy groups -OCH3 is 1. The zero-order chi connectivity index (χ0) is 11.1. The number of rotatable bonds is 4. The topological polar surface area (TPSA) is 80.6 Å². The lowest BCUT2D eigenvalue weighted by Gasteiger charge is -2.04. The number of hydrogen-bond acceptors (Lipinski definition) is 4.